The monoisotopic (exact) mass is 428 g/mol. The summed E-state index contributed by atoms with van der Waals surface area (Å²) in [5, 5.41) is 2.95. The fraction of sp³-hybridized carbons (Fsp3) is 0.154. The first kappa shape index (κ1) is 20.0. The van der Waals surface area contributed by atoms with Gasteiger partial charge in [0.25, 0.3) is 11.8 Å². The number of halogens is 1. The molecule has 0 unspecified atom stereocenters. The van der Waals surface area contributed by atoms with Gasteiger partial charge >= 0.3 is 0 Å². The molecular weight excluding hydrogens is 407 g/mol. The number of hydrogen-bond donors (Lipinski definition) is 1. The Morgan fingerprint density at radius 1 is 1.03 bits per heavy atom. The lowest BCUT2D eigenvalue weighted by atomic mass is 10.1. The molecule has 1 fully saturated rings. The molecule has 0 atom stereocenters. The quantitative estimate of drug-likeness (QED) is 0.600. The number of carbonyl (C=O) groups is 2. The van der Waals surface area contributed by atoms with Crippen molar-refractivity contribution in [2.75, 3.05) is 4.90 Å². The molecule has 5 rings (SSSR count). The van der Waals surface area contributed by atoms with E-state index in [4.69, 9.17) is 4.74 Å². The van der Waals surface area contributed by atoms with E-state index in [1.54, 1.807) is 60.7 Å². The molecule has 1 aliphatic carbocycles. The van der Waals surface area contributed by atoms with E-state index in [9.17, 15) is 14.0 Å². The van der Waals surface area contributed by atoms with Gasteiger partial charge in [0, 0.05) is 17.2 Å². The van der Waals surface area contributed by atoms with Crippen LogP contribution in [0.25, 0.3) is 6.08 Å². The van der Waals surface area contributed by atoms with Crippen molar-refractivity contribution < 1.29 is 18.7 Å². The first-order chi connectivity index (χ1) is 15.6. The molecule has 1 N–H and O–H groups in total. The number of nitrogens with one attached hydrogen (secondary N) is 1. The predicted molar refractivity (Wildman–Crippen MR) is 120 cm³/mol. The standard InChI is InChI=1S/C26H21FN2O3/c27-21-6-2-1-5-19(21)16-29-22-7-3-4-8-23(22)32-24(26(29)31)15-17-9-11-18(12-10-17)25(30)28-20-13-14-20/h1-12,15,20H,13-14,16H2,(H,28,30). The highest BCUT2D eigenvalue weighted by atomic mass is 19.1. The number of nitrogens with zero attached hydrogens (tertiary/aromatic N) is 1. The summed E-state index contributed by atoms with van der Waals surface area (Å²) in [6.07, 6.45) is 3.69. The minimum absolute atomic E-state index is 0.0868. The van der Waals surface area contributed by atoms with Gasteiger partial charge in [-0.25, -0.2) is 4.39 Å². The van der Waals surface area contributed by atoms with Crippen LogP contribution in [0.2, 0.25) is 0 Å². The first-order valence-corrected chi connectivity index (χ1v) is 10.5. The third kappa shape index (κ3) is 4.12. The van der Waals surface area contributed by atoms with Gasteiger partial charge in [0.15, 0.2) is 11.5 Å². The molecule has 0 bridgehead atoms. The second-order valence-corrected chi connectivity index (χ2v) is 7.93. The van der Waals surface area contributed by atoms with Crippen molar-refractivity contribution in [3.05, 3.63) is 101 Å². The molecular formula is C26H21FN2O3. The molecule has 160 valence electrons. The molecule has 2 aliphatic rings. The Labute approximate surface area is 185 Å². The summed E-state index contributed by atoms with van der Waals surface area (Å²) < 4.78 is 20.1. The van der Waals surface area contributed by atoms with Crippen LogP contribution in [-0.4, -0.2) is 17.9 Å². The number of ether oxygens (including phenoxy) is 1. The molecule has 0 radical (unpaired) electrons. The lowest BCUT2D eigenvalue weighted by molar-refractivity contribution is -0.117. The third-order valence-electron chi connectivity index (χ3n) is 5.50. The molecule has 5 nitrogen and oxygen atoms in total. The summed E-state index contributed by atoms with van der Waals surface area (Å²) in [6.45, 7) is 0.0868. The summed E-state index contributed by atoms with van der Waals surface area (Å²) in [5.74, 6) is -0.163. The maximum atomic E-state index is 14.3. The fourth-order valence-corrected chi connectivity index (χ4v) is 3.59. The van der Waals surface area contributed by atoms with Crippen molar-refractivity contribution in [2.24, 2.45) is 0 Å². The van der Waals surface area contributed by atoms with Crippen LogP contribution in [0.5, 0.6) is 5.75 Å². The number of carbonyl (C=O) groups excluding carboxylic acids is 2. The topological polar surface area (TPSA) is 58.6 Å². The third-order valence-corrected chi connectivity index (χ3v) is 5.50. The average molecular weight is 428 g/mol. The van der Waals surface area contributed by atoms with Crippen LogP contribution in [0.15, 0.2) is 78.6 Å². The van der Waals surface area contributed by atoms with Crippen LogP contribution in [0.1, 0.15) is 34.3 Å². The second kappa shape index (κ2) is 8.30. The summed E-state index contributed by atoms with van der Waals surface area (Å²) in [4.78, 5) is 27.0. The summed E-state index contributed by atoms with van der Waals surface area (Å²) in [5.41, 5.74) is 2.30. The van der Waals surface area contributed by atoms with Crippen LogP contribution >= 0.6 is 0 Å². The van der Waals surface area contributed by atoms with Crippen LogP contribution in [0.3, 0.4) is 0 Å². The summed E-state index contributed by atoms with van der Waals surface area (Å²) >= 11 is 0. The molecule has 2 amide bonds. The van der Waals surface area contributed by atoms with Gasteiger partial charge in [-0.3, -0.25) is 14.5 Å². The number of para-hydroxylation sites is 2. The molecule has 0 saturated heterocycles. The number of hydrogen-bond acceptors (Lipinski definition) is 3. The smallest absolute Gasteiger partial charge is 0.294 e. The Morgan fingerprint density at radius 3 is 2.50 bits per heavy atom. The SMILES string of the molecule is O=C(NC1CC1)c1ccc(C=C2Oc3ccccc3N(Cc3ccccc3F)C2=O)cc1. The molecule has 1 heterocycles. The van der Waals surface area contributed by atoms with E-state index in [0.717, 1.165) is 18.4 Å². The van der Waals surface area contributed by atoms with E-state index in [0.29, 0.717) is 22.6 Å². The Bertz CT molecular complexity index is 1220. The Morgan fingerprint density at radius 2 is 1.75 bits per heavy atom. The molecule has 3 aromatic carbocycles. The zero-order valence-corrected chi connectivity index (χ0v) is 17.3. The van der Waals surface area contributed by atoms with Gasteiger partial charge in [-0.1, -0.05) is 42.5 Å². The molecule has 32 heavy (non-hydrogen) atoms. The maximum Gasteiger partial charge on any atom is 0.294 e. The van der Waals surface area contributed by atoms with Crippen molar-refractivity contribution in [1.82, 2.24) is 5.32 Å². The molecule has 3 aromatic rings. The largest absolute Gasteiger partial charge is 0.449 e. The summed E-state index contributed by atoms with van der Waals surface area (Å²) in [6, 6.07) is 20.9. The van der Waals surface area contributed by atoms with Crippen molar-refractivity contribution in [3.8, 4) is 5.75 Å². The lowest BCUT2D eigenvalue weighted by Crippen LogP contribution is -2.37. The van der Waals surface area contributed by atoms with Crippen LogP contribution < -0.4 is 15.0 Å². The van der Waals surface area contributed by atoms with Gasteiger partial charge < -0.3 is 10.1 Å². The average Bonchev–Trinajstić information content (AvgIpc) is 3.62. The Kier molecular flexibility index (Phi) is 5.19. The first-order valence-electron chi connectivity index (χ1n) is 10.5. The normalized spacial score (nSPS) is 16.5. The van der Waals surface area contributed by atoms with Crippen LogP contribution in [0, 0.1) is 5.82 Å². The Balaban J connectivity index is 1.43. The van der Waals surface area contributed by atoms with E-state index < -0.39 is 0 Å². The van der Waals surface area contributed by atoms with E-state index in [1.165, 1.54) is 11.0 Å². The van der Waals surface area contributed by atoms with E-state index in [2.05, 4.69) is 5.32 Å². The second-order valence-electron chi connectivity index (χ2n) is 7.93. The number of anilines is 1. The van der Waals surface area contributed by atoms with Gasteiger partial charge in [0.1, 0.15) is 5.82 Å². The van der Waals surface area contributed by atoms with Crippen molar-refractivity contribution in [1.29, 1.82) is 0 Å². The van der Waals surface area contributed by atoms with Crippen LogP contribution in [-0.2, 0) is 11.3 Å². The molecule has 0 spiro atoms. The van der Waals surface area contributed by atoms with Gasteiger partial charge in [0.05, 0.1) is 12.2 Å². The summed E-state index contributed by atoms with van der Waals surface area (Å²) in [7, 11) is 0. The lowest BCUT2D eigenvalue weighted by Gasteiger charge is -2.30. The van der Waals surface area contributed by atoms with E-state index in [1.807, 2.05) is 12.1 Å². The minimum Gasteiger partial charge on any atom is -0.449 e. The molecule has 1 aliphatic heterocycles. The highest BCUT2D eigenvalue weighted by Gasteiger charge is 2.30. The number of benzene rings is 3. The zero-order chi connectivity index (χ0) is 22.1. The number of fused-ring (bicyclic) bond motifs is 1. The van der Waals surface area contributed by atoms with Gasteiger partial charge in [-0.05, 0) is 54.8 Å². The zero-order valence-electron chi connectivity index (χ0n) is 17.3. The number of amides is 2. The molecule has 0 aromatic heterocycles. The van der Waals surface area contributed by atoms with Crippen LogP contribution in [0.4, 0.5) is 10.1 Å². The fourth-order valence-electron chi connectivity index (χ4n) is 3.59. The van der Waals surface area contributed by atoms with E-state index >= 15 is 0 Å². The predicted octanol–water partition coefficient (Wildman–Crippen LogP) is 4.68. The van der Waals surface area contributed by atoms with Crippen molar-refractivity contribution >= 4 is 23.6 Å². The van der Waals surface area contributed by atoms with E-state index in [-0.39, 0.29) is 36.0 Å². The highest BCUT2D eigenvalue weighted by molar-refractivity contribution is 6.09. The maximum absolute atomic E-state index is 14.3. The Hall–Kier alpha value is -3.93. The van der Waals surface area contributed by atoms with Crippen molar-refractivity contribution in [3.63, 3.8) is 0 Å². The van der Waals surface area contributed by atoms with Gasteiger partial charge in [0.2, 0.25) is 0 Å². The molecule has 6 heteroatoms. The van der Waals surface area contributed by atoms with Gasteiger partial charge in [-0.2, -0.15) is 0 Å². The van der Waals surface area contributed by atoms with Crippen molar-refractivity contribution in [2.45, 2.75) is 25.4 Å². The highest BCUT2D eigenvalue weighted by Crippen LogP contribution is 2.36. The number of rotatable bonds is 5. The minimum atomic E-state index is -0.366. The van der Waals surface area contributed by atoms with Gasteiger partial charge in [-0.15, -0.1) is 0 Å². The molecule has 1 saturated carbocycles.